The summed E-state index contributed by atoms with van der Waals surface area (Å²) in [5.74, 6) is -0.267. The van der Waals surface area contributed by atoms with Gasteiger partial charge in [-0.1, -0.05) is 0 Å². The first-order chi connectivity index (χ1) is 6.70. The summed E-state index contributed by atoms with van der Waals surface area (Å²) in [6.07, 6.45) is 1.44. The lowest BCUT2D eigenvalue weighted by atomic mass is 10.2. The zero-order chi connectivity index (χ0) is 10.6. The number of hydrogen-bond donors (Lipinski definition) is 1. The molecular formula is C8H8IN3O2. The Kier molecular flexibility index (Phi) is 3.81. The molecule has 1 heterocycles. The average Bonchev–Trinajstić information content (AvgIpc) is 2.20. The number of aromatic nitrogens is 1. The van der Waals surface area contributed by atoms with Gasteiger partial charge in [-0.3, -0.25) is 0 Å². The molecule has 0 spiro atoms. The van der Waals surface area contributed by atoms with Crippen molar-refractivity contribution in [2.45, 2.75) is 0 Å². The summed E-state index contributed by atoms with van der Waals surface area (Å²) in [4.78, 5) is 19.1. The molecule has 1 aromatic rings. The second kappa shape index (κ2) is 4.89. The fraction of sp³-hybridized carbons (Fsp3) is 0.125. The van der Waals surface area contributed by atoms with Gasteiger partial charge in [0.05, 0.1) is 16.9 Å². The van der Waals surface area contributed by atoms with Crippen LogP contribution in [0.25, 0.3) is 0 Å². The third-order valence-electron chi connectivity index (χ3n) is 1.54. The van der Waals surface area contributed by atoms with E-state index in [1.165, 1.54) is 23.6 Å². The summed E-state index contributed by atoms with van der Waals surface area (Å²) in [6, 6.07) is 1.52. The first kappa shape index (κ1) is 10.9. The highest BCUT2D eigenvalue weighted by Crippen LogP contribution is 2.25. The lowest BCUT2D eigenvalue weighted by molar-refractivity contribution is 0.0601. The van der Waals surface area contributed by atoms with Crippen LogP contribution in [0.2, 0.25) is 0 Å². The van der Waals surface area contributed by atoms with E-state index in [1.54, 1.807) is 0 Å². The van der Waals surface area contributed by atoms with E-state index >= 15 is 0 Å². The number of carbonyl (C=O) groups excluding carboxylic acids is 1. The maximum atomic E-state index is 11.3. The van der Waals surface area contributed by atoms with Gasteiger partial charge < -0.3 is 10.5 Å². The van der Waals surface area contributed by atoms with Crippen molar-refractivity contribution in [3.05, 3.63) is 17.8 Å². The molecule has 0 aliphatic rings. The Morgan fingerprint density at radius 1 is 1.79 bits per heavy atom. The highest BCUT2D eigenvalue weighted by atomic mass is 127. The second-order valence-corrected chi connectivity index (χ2v) is 2.87. The number of pyridine rings is 1. The predicted molar refractivity (Wildman–Crippen MR) is 62.2 cm³/mol. The first-order valence-corrected chi connectivity index (χ1v) is 4.90. The highest BCUT2D eigenvalue weighted by Gasteiger charge is 2.13. The standard InChI is InChI=1S/C8H8IN3O2/c1-14-8(13)5-2-3-11-7(10)6(5)12-4-9/h2-4H,1H3,(H2,10,11)/b12-4-. The number of anilines is 1. The third kappa shape index (κ3) is 2.19. The van der Waals surface area contributed by atoms with Crippen LogP contribution in [0.4, 0.5) is 11.5 Å². The largest absolute Gasteiger partial charge is 0.465 e. The van der Waals surface area contributed by atoms with Gasteiger partial charge >= 0.3 is 5.97 Å². The van der Waals surface area contributed by atoms with Crippen molar-refractivity contribution in [3.63, 3.8) is 0 Å². The minimum atomic E-state index is -0.476. The van der Waals surface area contributed by atoms with E-state index in [1.807, 2.05) is 22.6 Å². The maximum absolute atomic E-state index is 11.3. The van der Waals surface area contributed by atoms with Gasteiger partial charge in [0.2, 0.25) is 0 Å². The van der Waals surface area contributed by atoms with Gasteiger partial charge in [0.25, 0.3) is 0 Å². The molecule has 0 saturated heterocycles. The Hall–Kier alpha value is -1.18. The predicted octanol–water partition coefficient (Wildman–Crippen LogP) is 1.55. The number of halogens is 1. The highest BCUT2D eigenvalue weighted by molar-refractivity contribution is 14.1. The summed E-state index contributed by atoms with van der Waals surface area (Å²) in [5, 5.41) is 0. The van der Waals surface area contributed by atoms with E-state index in [-0.39, 0.29) is 5.82 Å². The van der Waals surface area contributed by atoms with Gasteiger partial charge in [0.1, 0.15) is 11.5 Å². The number of carbonyl (C=O) groups is 1. The number of hydrogen-bond acceptors (Lipinski definition) is 5. The Morgan fingerprint density at radius 3 is 3.07 bits per heavy atom. The second-order valence-electron chi connectivity index (χ2n) is 2.31. The minimum absolute atomic E-state index is 0.209. The molecule has 0 atom stereocenters. The van der Waals surface area contributed by atoms with Crippen molar-refractivity contribution >= 4 is 44.3 Å². The molecule has 1 aromatic heterocycles. The van der Waals surface area contributed by atoms with Crippen LogP contribution in [0.15, 0.2) is 17.3 Å². The van der Waals surface area contributed by atoms with E-state index in [9.17, 15) is 4.79 Å². The smallest absolute Gasteiger partial charge is 0.340 e. The van der Waals surface area contributed by atoms with Gasteiger partial charge in [0.15, 0.2) is 0 Å². The van der Waals surface area contributed by atoms with Crippen LogP contribution in [0.1, 0.15) is 10.4 Å². The summed E-state index contributed by atoms with van der Waals surface area (Å²) < 4.78 is 6.09. The zero-order valence-corrected chi connectivity index (χ0v) is 9.56. The Balaban J connectivity index is 3.27. The van der Waals surface area contributed by atoms with Crippen LogP contribution >= 0.6 is 22.6 Å². The monoisotopic (exact) mass is 305 g/mol. The number of nitrogens with two attached hydrogens (primary N) is 1. The number of nitrogens with zero attached hydrogens (tertiary/aromatic N) is 2. The fourth-order valence-corrected chi connectivity index (χ4v) is 1.21. The van der Waals surface area contributed by atoms with Gasteiger partial charge in [-0.05, 0) is 28.7 Å². The van der Waals surface area contributed by atoms with Crippen LogP contribution in [0.5, 0.6) is 0 Å². The lowest BCUT2D eigenvalue weighted by Gasteiger charge is -2.04. The van der Waals surface area contributed by atoms with Gasteiger partial charge in [-0.15, -0.1) is 0 Å². The molecule has 0 fully saturated rings. The molecule has 0 amide bonds. The molecule has 0 aromatic carbocycles. The first-order valence-electron chi connectivity index (χ1n) is 3.66. The average molecular weight is 305 g/mol. The van der Waals surface area contributed by atoms with Crippen LogP contribution in [-0.2, 0) is 4.74 Å². The number of esters is 1. The Bertz CT molecular complexity index is 379. The Labute approximate surface area is 94.5 Å². The lowest BCUT2D eigenvalue weighted by Crippen LogP contribution is -2.04. The molecule has 74 valence electrons. The van der Waals surface area contributed by atoms with Crippen LogP contribution in [-0.4, -0.2) is 22.3 Å². The summed E-state index contributed by atoms with van der Waals surface area (Å²) in [6.45, 7) is 0. The van der Waals surface area contributed by atoms with Gasteiger partial charge in [-0.25, -0.2) is 14.8 Å². The van der Waals surface area contributed by atoms with E-state index in [2.05, 4.69) is 14.7 Å². The SMILES string of the molecule is COC(=O)c1ccnc(N)c1/N=C\I. The van der Waals surface area contributed by atoms with E-state index in [0.29, 0.717) is 11.3 Å². The minimum Gasteiger partial charge on any atom is -0.465 e. The summed E-state index contributed by atoms with van der Waals surface area (Å²) >= 11 is 1.93. The molecule has 0 aliphatic carbocycles. The molecule has 0 aliphatic heterocycles. The molecule has 14 heavy (non-hydrogen) atoms. The molecule has 0 bridgehead atoms. The third-order valence-corrected chi connectivity index (χ3v) is 1.81. The molecule has 6 heteroatoms. The van der Waals surface area contributed by atoms with Crippen molar-refractivity contribution in [2.75, 3.05) is 12.8 Å². The van der Waals surface area contributed by atoms with E-state index in [4.69, 9.17) is 5.73 Å². The van der Waals surface area contributed by atoms with Crippen molar-refractivity contribution in [3.8, 4) is 0 Å². The molecule has 0 radical (unpaired) electrons. The number of aliphatic imine (C=N–C) groups is 1. The van der Waals surface area contributed by atoms with E-state index < -0.39 is 5.97 Å². The maximum Gasteiger partial charge on any atom is 0.340 e. The molecular weight excluding hydrogens is 297 g/mol. The molecule has 1 rings (SSSR count). The summed E-state index contributed by atoms with van der Waals surface area (Å²) in [7, 11) is 1.30. The van der Waals surface area contributed by atoms with Crippen LogP contribution < -0.4 is 5.73 Å². The topological polar surface area (TPSA) is 77.6 Å². The van der Waals surface area contributed by atoms with Crippen molar-refractivity contribution in [1.29, 1.82) is 0 Å². The van der Waals surface area contributed by atoms with Gasteiger partial charge in [0, 0.05) is 6.20 Å². The molecule has 5 nitrogen and oxygen atoms in total. The number of methoxy groups -OCH3 is 1. The molecule has 0 unspecified atom stereocenters. The van der Waals surface area contributed by atoms with Crippen LogP contribution in [0.3, 0.4) is 0 Å². The van der Waals surface area contributed by atoms with Gasteiger partial charge in [-0.2, -0.15) is 0 Å². The number of nitrogen functional groups attached to an aromatic ring is 1. The van der Waals surface area contributed by atoms with Crippen molar-refractivity contribution in [2.24, 2.45) is 4.99 Å². The normalized spacial score (nSPS) is 10.4. The van der Waals surface area contributed by atoms with Crippen molar-refractivity contribution < 1.29 is 9.53 Å². The zero-order valence-electron chi connectivity index (χ0n) is 7.40. The number of rotatable bonds is 2. The quantitative estimate of drug-likeness (QED) is 0.511. The summed E-state index contributed by atoms with van der Waals surface area (Å²) in [5.41, 5.74) is 6.22. The van der Waals surface area contributed by atoms with Crippen molar-refractivity contribution in [1.82, 2.24) is 4.98 Å². The molecule has 0 saturated carbocycles. The molecule has 2 N–H and O–H groups in total. The van der Waals surface area contributed by atoms with Crippen LogP contribution in [0, 0.1) is 0 Å². The number of ether oxygens (including phenoxy) is 1. The fourth-order valence-electron chi connectivity index (χ4n) is 0.929. The Morgan fingerprint density at radius 2 is 2.50 bits per heavy atom. The van der Waals surface area contributed by atoms with E-state index in [0.717, 1.165) is 0 Å².